The lowest BCUT2D eigenvalue weighted by Gasteiger charge is -2.25. The van der Waals surface area contributed by atoms with E-state index >= 15 is 0 Å². The molecule has 0 amide bonds. The summed E-state index contributed by atoms with van der Waals surface area (Å²) in [5.41, 5.74) is 1.90. The summed E-state index contributed by atoms with van der Waals surface area (Å²) >= 11 is 6.13. The normalized spacial score (nSPS) is 17.4. The first-order valence-corrected chi connectivity index (χ1v) is 6.90. The van der Waals surface area contributed by atoms with Crippen LogP contribution in [-0.2, 0) is 9.53 Å². The highest BCUT2D eigenvalue weighted by Crippen LogP contribution is 2.33. The predicted molar refractivity (Wildman–Crippen MR) is 80.6 cm³/mol. The van der Waals surface area contributed by atoms with Gasteiger partial charge in [0, 0.05) is 7.05 Å². The number of halogens is 1. The summed E-state index contributed by atoms with van der Waals surface area (Å²) in [5, 5.41) is 5.78. The van der Waals surface area contributed by atoms with Crippen LogP contribution in [0.4, 0.5) is 5.82 Å². The number of carbonyl (C=O) groups excluding carboxylic acids is 1. The first-order valence-electron chi connectivity index (χ1n) is 6.53. The molecule has 0 bridgehead atoms. The van der Waals surface area contributed by atoms with Crippen molar-refractivity contribution in [2.24, 2.45) is 5.10 Å². The van der Waals surface area contributed by atoms with Gasteiger partial charge in [0.2, 0.25) is 0 Å². The molecule has 2 aromatic rings. The Labute approximate surface area is 126 Å². The molecule has 0 fully saturated rings. The maximum absolute atomic E-state index is 12.1. The average molecular weight is 305 g/mol. The summed E-state index contributed by atoms with van der Waals surface area (Å²) < 4.78 is 5.07. The van der Waals surface area contributed by atoms with Gasteiger partial charge in [0.05, 0.1) is 17.6 Å². The summed E-state index contributed by atoms with van der Waals surface area (Å²) in [6.45, 7) is 2.01. The summed E-state index contributed by atoms with van der Waals surface area (Å²) in [4.78, 5) is 21.2. The minimum absolute atomic E-state index is 0.132. The molecule has 21 heavy (non-hydrogen) atoms. The highest BCUT2D eigenvalue weighted by Gasteiger charge is 2.36. The third kappa shape index (κ3) is 2.31. The molecular formula is C14H13ClN4O2. The number of rotatable bonds is 2. The monoisotopic (exact) mass is 304 g/mol. The fourth-order valence-corrected chi connectivity index (χ4v) is 2.54. The van der Waals surface area contributed by atoms with Crippen LogP contribution >= 0.6 is 11.6 Å². The molecule has 6 nitrogen and oxygen atoms in total. The van der Waals surface area contributed by atoms with Gasteiger partial charge in [-0.1, -0.05) is 23.7 Å². The molecule has 3 rings (SSSR count). The van der Waals surface area contributed by atoms with E-state index in [9.17, 15) is 4.79 Å². The van der Waals surface area contributed by atoms with Crippen molar-refractivity contribution in [1.82, 2.24) is 9.97 Å². The fourth-order valence-electron chi connectivity index (χ4n) is 2.23. The van der Waals surface area contributed by atoms with Crippen molar-refractivity contribution in [2.75, 3.05) is 18.7 Å². The van der Waals surface area contributed by atoms with Crippen LogP contribution in [-0.4, -0.2) is 34.8 Å². The standard InChI is InChI=1S/C14H13ClN4O2/c1-3-21-14(20)10-11-13(19(2)18-12(10)15)17-9-7-5-4-6-8(9)16-11/h4-7,10H,3H2,1-2H3. The van der Waals surface area contributed by atoms with Gasteiger partial charge in [0.25, 0.3) is 0 Å². The molecule has 1 atom stereocenters. The van der Waals surface area contributed by atoms with Gasteiger partial charge in [0.15, 0.2) is 11.7 Å². The van der Waals surface area contributed by atoms with Crippen molar-refractivity contribution in [3.05, 3.63) is 30.0 Å². The molecule has 1 aromatic carbocycles. The highest BCUT2D eigenvalue weighted by atomic mass is 35.5. The second kappa shape index (κ2) is 5.29. The van der Waals surface area contributed by atoms with Crippen molar-refractivity contribution in [1.29, 1.82) is 0 Å². The fraction of sp³-hybridized carbons (Fsp3) is 0.286. The van der Waals surface area contributed by atoms with Crippen LogP contribution in [0.25, 0.3) is 11.0 Å². The Kier molecular flexibility index (Phi) is 3.47. The lowest BCUT2D eigenvalue weighted by molar-refractivity contribution is -0.143. The van der Waals surface area contributed by atoms with Crippen LogP contribution in [0.1, 0.15) is 18.5 Å². The number of esters is 1. The minimum Gasteiger partial charge on any atom is -0.465 e. The summed E-state index contributed by atoms with van der Waals surface area (Å²) in [6.07, 6.45) is 0. The smallest absolute Gasteiger partial charge is 0.322 e. The molecule has 0 N–H and O–H groups in total. The van der Waals surface area contributed by atoms with E-state index in [2.05, 4.69) is 15.1 Å². The maximum atomic E-state index is 12.1. The first kappa shape index (κ1) is 13.8. The zero-order chi connectivity index (χ0) is 15.0. The van der Waals surface area contributed by atoms with Gasteiger partial charge < -0.3 is 4.74 Å². The Hall–Kier alpha value is -2.21. The van der Waals surface area contributed by atoms with Crippen LogP contribution in [0.15, 0.2) is 29.4 Å². The Morgan fingerprint density at radius 3 is 2.67 bits per heavy atom. The number of ether oxygens (including phenoxy) is 1. The Bertz CT molecular complexity index is 747. The van der Waals surface area contributed by atoms with Crippen molar-refractivity contribution in [2.45, 2.75) is 12.8 Å². The number of benzene rings is 1. The van der Waals surface area contributed by atoms with E-state index in [1.54, 1.807) is 14.0 Å². The molecule has 0 saturated carbocycles. The second-order valence-electron chi connectivity index (χ2n) is 4.55. The van der Waals surface area contributed by atoms with Crippen LogP contribution in [0.5, 0.6) is 0 Å². The number of hydrogen-bond donors (Lipinski definition) is 0. The molecule has 1 aromatic heterocycles. The van der Waals surface area contributed by atoms with Crippen LogP contribution in [0, 0.1) is 0 Å². The molecule has 0 aliphatic carbocycles. The number of aromatic nitrogens is 2. The number of fused-ring (bicyclic) bond motifs is 2. The van der Waals surface area contributed by atoms with Gasteiger partial charge in [-0.05, 0) is 19.1 Å². The van der Waals surface area contributed by atoms with Crippen molar-refractivity contribution < 1.29 is 9.53 Å². The van der Waals surface area contributed by atoms with Gasteiger partial charge in [-0.25, -0.2) is 15.0 Å². The average Bonchev–Trinajstić information content (AvgIpc) is 2.46. The lowest BCUT2D eigenvalue weighted by Crippen LogP contribution is -2.31. The summed E-state index contributed by atoms with van der Waals surface area (Å²) in [7, 11) is 1.71. The van der Waals surface area contributed by atoms with Gasteiger partial charge in [0.1, 0.15) is 10.9 Å². The van der Waals surface area contributed by atoms with Crippen LogP contribution in [0.3, 0.4) is 0 Å². The highest BCUT2D eigenvalue weighted by molar-refractivity contribution is 6.68. The zero-order valence-corrected chi connectivity index (χ0v) is 12.3. The van der Waals surface area contributed by atoms with E-state index in [-0.39, 0.29) is 11.8 Å². The molecule has 1 aliphatic rings. The molecule has 7 heteroatoms. The Morgan fingerprint density at radius 1 is 1.33 bits per heavy atom. The quantitative estimate of drug-likeness (QED) is 0.796. The van der Waals surface area contributed by atoms with Gasteiger partial charge in [-0.3, -0.25) is 4.79 Å². The minimum atomic E-state index is -0.824. The number of hydrogen-bond acceptors (Lipinski definition) is 6. The number of carbonyl (C=O) groups is 1. The van der Waals surface area contributed by atoms with Crippen molar-refractivity contribution in [3.8, 4) is 0 Å². The molecule has 108 valence electrons. The molecule has 0 saturated heterocycles. The Balaban J connectivity index is 2.19. The number of anilines is 1. The summed E-state index contributed by atoms with van der Waals surface area (Å²) in [6, 6.07) is 7.44. The maximum Gasteiger partial charge on any atom is 0.322 e. The Morgan fingerprint density at radius 2 is 2.00 bits per heavy atom. The second-order valence-corrected chi connectivity index (χ2v) is 4.94. The largest absolute Gasteiger partial charge is 0.465 e. The van der Waals surface area contributed by atoms with Gasteiger partial charge in [-0.15, -0.1) is 0 Å². The third-order valence-electron chi connectivity index (χ3n) is 3.16. The molecule has 2 heterocycles. The van der Waals surface area contributed by atoms with Crippen LogP contribution in [0.2, 0.25) is 0 Å². The van der Waals surface area contributed by atoms with Gasteiger partial charge >= 0.3 is 5.97 Å². The number of hydrazone groups is 1. The molecule has 1 unspecified atom stereocenters. The molecular weight excluding hydrogens is 292 g/mol. The number of para-hydroxylation sites is 2. The SMILES string of the molecule is CCOC(=O)C1C(Cl)=NN(C)c2nc3ccccc3nc21. The molecule has 1 aliphatic heterocycles. The van der Waals surface area contributed by atoms with E-state index < -0.39 is 11.9 Å². The third-order valence-corrected chi connectivity index (χ3v) is 3.46. The topological polar surface area (TPSA) is 67.7 Å². The summed E-state index contributed by atoms with van der Waals surface area (Å²) in [5.74, 6) is -0.781. The van der Waals surface area contributed by atoms with Crippen molar-refractivity contribution in [3.63, 3.8) is 0 Å². The van der Waals surface area contributed by atoms with E-state index in [0.717, 1.165) is 5.52 Å². The lowest BCUT2D eigenvalue weighted by atomic mass is 10.0. The first-order chi connectivity index (χ1) is 10.1. The predicted octanol–water partition coefficient (Wildman–Crippen LogP) is 2.28. The van der Waals surface area contributed by atoms with Crippen molar-refractivity contribution >= 4 is 39.6 Å². The van der Waals surface area contributed by atoms with E-state index in [1.165, 1.54) is 5.01 Å². The number of nitrogens with zero attached hydrogens (tertiary/aromatic N) is 4. The molecule has 0 radical (unpaired) electrons. The van der Waals surface area contributed by atoms with Crippen LogP contribution < -0.4 is 5.01 Å². The van der Waals surface area contributed by atoms with E-state index in [4.69, 9.17) is 16.3 Å². The molecule has 0 spiro atoms. The van der Waals surface area contributed by atoms with E-state index in [1.807, 2.05) is 24.3 Å². The van der Waals surface area contributed by atoms with Gasteiger partial charge in [-0.2, -0.15) is 5.10 Å². The van der Waals surface area contributed by atoms with E-state index in [0.29, 0.717) is 17.0 Å². The zero-order valence-electron chi connectivity index (χ0n) is 11.6.